The number of benzene rings is 1. The van der Waals surface area contributed by atoms with E-state index in [1.54, 1.807) is 7.11 Å². The molecule has 0 saturated carbocycles. The molecule has 0 unspecified atom stereocenters. The lowest BCUT2D eigenvalue weighted by atomic mass is 9.98. The molecule has 6 heteroatoms. The van der Waals surface area contributed by atoms with Gasteiger partial charge in [-0.15, -0.1) is 0 Å². The molecule has 2 rings (SSSR count). The molecule has 1 aliphatic rings. The van der Waals surface area contributed by atoms with Gasteiger partial charge in [-0.25, -0.2) is 0 Å². The third-order valence-corrected chi connectivity index (χ3v) is 4.00. The summed E-state index contributed by atoms with van der Waals surface area (Å²) in [5, 5.41) is 0. The predicted molar refractivity (Wildman–Crippen MR) is 86.2 cm³/mol. The summed E-state index contributed by atoms with van der Waals surface area (Å²) in [6.07, 6.45) is 2.30. The van der Waals surface area contributed by atoms with Gasteiger partial charge in [-0.3, -0.25) is 9.59 Å². The smallest absolute Gasteiger partial charge is 0.223 e. The van der Waals surface area contributed by atoms with Crippen LogP contribution in [0.1, 0.15) is 25.7 Å². The van der Waals surface area contributed by atoms with Crippen LogP contribution in [0.4, 0.5) is 0 Å². The molecular weight excluding hydrogens is 296 g/mol. The van der Waals surface area contributed by atoms with Crippen molar-refractivity contribution in [1.29, 1.82) is 0 Å². The van der Waals surface area contributed by atoms with E-state index in [0.29, 0.717) is 19.1 Å². The summed E-state index contributed by atoms with van der Waals surface area (Å²) in [7, 11) is 1.63. The first kappa shape index (κ1) is 17.1. The Kier molecular flexibility index (Phi) is 6.26. The quantitative estimate of drug-likeness (QED) is 0.827. The number of nitrogens with two attached hydrogens (primary N) is 1. The van der Waals surface area contributed by atoms with Gasteiger partial charge in [0.05, 0.1) is 13.7 Å². The molecule has 0 bridgehead atoms. The number of carbonyl (C=O) groups excluding carboxylic acids is 2. The zero-order valence-electron chi connectivity index (χ0n) is 13.5. The average Bonchev–Trinajstić information content (AvgIpc) is 2.58. The summed E-state index contributed by atoms with van der Waals surface area (Å²) in [4.78, 5) is 24.6. The second-order valence-electron chi connectivity index (χ2n) is 5.80. The van der Waals surface area contributed by atoms with Crippen LogP contribution in [-0.2, 0) is 9.59 Å². The first-order chi connectivity index (χ1) is 11.1. The van der Waals surface area contributed by atoms with Gasteiger partial charge in [-0.2, -0.15) is 0 Å². The summed E-state index contributed by atoms with van der Waals surface area (Å²) in [6.45, 7) is 2.00. The van der Waals surface area contributed by atoms with E-state index < -0.39 is 5.91 Å². The van der Waals surface area contributed by atoms with Crippen molar-refractivity contribution in [3.8, 4) is 11.5 Å². The number of nitrogens with zero attached hydrogens (tertiary/aromatic N) is 1. The van der Waals surface area contributed by atoms with E-state index >= 15 is 0 Å². The molecular formula is C17H24N2O4. The summed E-state index contributed by atoms with van der Waals surface area (Å²) in [6, 6.07) is 7.46. The van der Waals surface area contributed by atoms with Crippen LogP contribution in [0.15, 0.2) is 24.3 Å². The Bertz CT molecular complexity index is 530. The van der Waals surface area contributed by atoms with Gasteiger partial charge in [-0.1, -0.05) is 0 Å². The normalized spacial score (nSPS) is 17.6. The second-order valence-corrected chi connectivity index (χ2v) is 5.80. The fraction of sp³-hybridized carbons (Fsp3) is 0.529. The van der Waals surface area contributed by atoms with Crippen LogP contribution in [0, 0.1) is 5.92 Å². The number of likely N-dealkylation sites (tertiary alicyclic amines) is 1. The van der Waals surface area contributed by atoms with Gasteiger partial charge in [0.1, 0.15) is 11.5 Å². The maximum Gasteiger partial charge on any atom is 0.223 e. The van der Waals surface area contributed by atoms with Gasteiger partial charge < -0.3 is 20.1 Å². The molecule has 1 saturated heterocycles. The molecule has 126 valence electrons. The summed E-state index contributed by atoms with van der Waals surface area (Å²) in [5.41, 5.74) is 5.09. The van der Waals surface area contributed by atoms with Gasteiger partial charge >= 0.3 is 0 Å². The van der Waals surface area contributed by atoms with Gasteiger partial charge in [-0.05, 0) is 37.1 Å². The minimum atomic E-state index is -0.435. The predicted octanol–water partition coefficient (Wildman–Crippen LogP) is 1.58. The number of piperidine rings is 1. The first-order valence-corrected chi connectivity index (χ1v) is 7.91. The second kappa shape index (κ2) is 8.41. The lowest BCUT2D eigenvalue weighted by Crippen LogP contribution is -2.41. The van der Waals surface area contributed by atoms with Gasteiger partial charge in [0, 0.05) is 31.8 Å². The minimum Gasteiger partial charge on any atom is -0.497 e. The summed E-state index contributed by atoms with van der Waals surface area (Å²) in [5.74, 6) is 1.46. The molecule has 0 aliphatic carbocycles. The fourth-order valence-electron chi connectivity index (χ4n) is 2.70. The number of amides is 2. The van der Waals surface area contributed by atoms with Crippen molar-refractivity contribution in [2.45, 2.75) is 25.7 Å². The van der Waals surface area contributed by atoms with E-state index in [9.17, 15) is 9.59 Å². The van der Waals surface area contributed by atoms with Crippen molar-refractivity contribution in [3.63, 3.8) is 0 Å². The highest BCUT2D eigenvalue weighted by molar-refractivity contribution is 5.82. The van der Waals surface area contributed by atoms with Crippen molar-refractivity contribution < 1.29 is 19.1 Å². The van der Waals surface area contributed by atoms with Crippen LogP contribution in [-0.4, -0.2) is 43.5 Å². The zero-order chi connectivity index (χ0) is 16.7. The van der Waals surface area contributed by atoms with E-state index in [0.717, 1.165) is 30.9 Å². The fourth-order valence-corrected chi connectivity index (χ4v) is 2.70. The molecule has 0 spiro atoms. The molecule has 1 atom stereocenters. The first-order valence-electron chi connectivity index (χ1n) is 7.91. The lowest BCUT2D eigenvalue weighted by Gasteiger charge is -2.32. The van der Waals surface area contributed by atoms with E-state index in [1.807, 2.05) is 29.2 Å². The maximum absolute atomic E-state index is 12.1. The molecule has 0 radical (unpaired) electrons. The lowest BCUT2D eigenvalue weighted by molar-refractivity contribution is -0.134. The Balaban J connectivity index is 1.78. The molecule has 2 amide bonds. The van der Waals surface area contributed by atoms with E-state index in [-0.39, 0.29) is 18.7 Å². The number of hydrogen-bond donors (Lipinski definition) is 1. The highest BCUT2D eigenvalue weighted by Gasteiger charge is 2.24. The third kappa shape index (κ3) is 5.47. The SMILES string of the molecule is COc1ccc(OC[C@@H]2CCCN(C(=O)CCC(N)=O)C2)cc1. The Morgan fingerprint density at radius 3 is 2.57 bits per heavy atom. The third-order valence-electron chi connectivity index (χ3n) is 4.00. The van der Waals surface area contributed by atoms with Crippen LogP contribution in [0.5, 0.6) is 11.5 Å². The number of ether oxygens (including phenoxy) is 2. The Morgan fingerprint density at radius 2 is 1.91 bits per heavy atom. The number of hydrogen-bond acceptors (Lipinski definition) is 4. The Morgan fingerprint density at radius 1 is 1.22 bits per heavy atom. The largest absolute Gasteiger partial charge is 0.497 e. The molecule has 1 fully saturated rings. The molecule has 0 aromatic heterocycles. The molecule has 1 aromatic rings. The average molecular weight is 320 g/mol. The van der Waals surface area contributed by atoms with Crippen molar-refractivity contribution >= 4 is 11.8 Å². The van der Waals surface area contributed by atoms with E-state index in [1.165, 1.54) is 0 Å². The standard InChI is InChI=1S/C17H24N2O4/c1-22-14-4-6-15(7-5-14)23-12-13-3-2-10-19(11-13)17(21)9-8-16(18)20/h4-7,13H,2-3,8-12H2,1H3,(H2,18,20)/t13-/m1/s1. The van der Waals surface area contributed by atoms with Crippen LogP contribution in [0.2, 0.25) is 0 Å². The molecule has 2 N–H and O–H groups in total. The molecule has 6 nitrogen and oxygen atoms in total. The summed E-state index contributed by atoms with van der Waals surface area (Å²) < 4.78 is 10.9. The van der Waals surface area contributed by atoms with Crippen LogP contribution < -0.4 is 15.2 Å². The van der Waals surface area contributed by atoms with Gasteiger partial charge in [0.15, 0.2) is 0 Å². The van der Waals surface area contributed by atoms with E-state index in [4.69, 9.17) is 15.2 Å². The van der Waals surface area contributed by atoms with Gasteiger partial charge in [0.25, 0.3) is 0 Å². The Hall–Kier alpha value is -2.24. The number of methoxy groups -OCH3 is 1. The van der Waals surface area contributed by atoms with Crippen LogP contribution in [0.25, 0.3) is 0 Å². The number of carbonyl (C=O) groups is 2. The molecule has 1 aliphatic heterocycles. The monoisotopic (exact) mass is 320 g/mol. The Labute approximate surface area is 136 Å². The summed E-state index contributed by atoms with van der Waals surface area (Å²) >= 11 is 0. The minimum absolute atomic E-state index is 0.00190. The van der Waals surface area contributed by atoms with Crippen LogP contribution in [0.3, 0.4) is 0 Å². The molecule has 1 aromatic carbocycles. The topological polar surface area (TPSA) is 81.9 Å². The van der Waals surface area contributed by atoms with Gasteiger partial charge in [0.2, 0.25) is 11.8 Å². The number of primary amides is 1. The molecule has 1 heterocycles. The zero-order valence-corrected chi connectivity index (χ0v) is 13.5. The van der Waals surface area contributed by atoms with Crippen molar-refractivity contribution in [1.82, 2.24) is 4.90 Å². The van der Waals surface area contributed by atoms with Crippen molar-refractivity contribution in [2.75, 3.05) is 26.8 Å². The van der Waals surface area contributed by atoms with Crippen molar-refractivity contribution in [2.24, 2.45) is 11.7 Å². The van der Waals surface area contributed by atoms with E-state index in [2.05, 4.69) is 0 Å². The highest BCUT2D eigenvalue weighted by Crippen LogP contribution is 2.21. The highest BCUT2D eigenvalue weighted by atomic mass is 16.5. The number of rotatable bonds is 7. The van der Waals surface area contributed by atoms with Crippen LogP contribution >= 0.6 is 0 Å². The molecule has 23 heavy (non-hydrogen) atoms. The maximum atomic E-state index is 12.1. The van der Waals surface area contributed by atoms with Crippen molar-refractivity contribution in [3.05, 3.63) is 24.3 Å².